The van der Waals surface area contributed by atoms with E-state index in [1.807, 2.05) is 42.2 Å². The highest BCUT2D eigenvalue weighted by Crippen LogP contribution is 2.55. The van der Waals surface area contributed by atoms with Gasteiger partial charge in [0.25, 0.3) is 0 Å². The molecule has 6 rings (SSSR count). The number of aryl methyl sites for hydroxylation is 1. The number of carbonyl (C=O) groups excluding carboxylic acids is 2. The Bertz CT molecular complexity index is 1700. The molecule has 10 heteroatoms. The summed E-state index contributed by atoms with van der Waals surface area (Å²) in [5.74, 6) is 0.496. The molecule has 2 fully saturated rings. The first-order chi connectivity index (χ1) is 22.1. The van der Waals surface area contributed by atoms with Crippen LogP contribution in [-0.4, -0.2) is 49.6 Å². The zero-order chi connectivity index (χ0) is 32.4. The molecule has 10 nitrogen and oxygen atoms in total. The van der Waals surface area contributed by atoms with E-state index < -0.39 is 24.1 Å². The SMILES string of the molecule is CC(Oc1cccc(-c2cccc(-n3ncc(C(=O)OCOC(=O)C(C)(C)C)c3[C@@H]3C[C@H]3c3cn(C)nn3)c2)c1)C1CCCCC1. The van der Waals surface area contributed by atoms with Gasteiger partial charge in [-0.3, -0.25) is 9.48 Å². The monoisotopic (exact) mass is 625 g/mol. The Labute approximate surface area is 270 Å². The molecular formula is C36H43N5O5. The molecule has 1 unspecified atom stereocenters. The van der Waals surface area contributed by atoms with Gasteiger partial charge in [-0.1, -0.05) is 48.7 Å². The van der Waals surface area contributed by atoms with E-state index in [9.17, 15) is 9.59 Å². The van der Waals surface area contributed by atoms with E-state index in [1.165, 1.54) is 38.3 Å². The number of rotatable bonds is 10. The lowest BCUT2D eigenvalue weighted by molar-refractivity contribution is -0.161. The Morgan fingerprint density at radius 3 is 2.43 bits per heavy atom. The third kappa shape index (κ3) is 7.00. The first-order valence-electron chi connectivity index (χ1n) is 16.2. The largest absolute Gasteiger partial charge is 0.490 e. The first kappa shape index (κ1) is 31.5. The van der Waals surface area contributed by atoms with Crippen LogP contribution in [0.15, 0.2) is 60.9 Å². The molecule has 2 aliphatic carbocycles. The zero-order valence-corrected chi connectivity index (χ0v) is 27.3. The van der Waals surface area contributed by atoms with Crippen molar-refractivity contribution < 1.29 is 23.8 Å². The lowest BCUT2D eigenvalue weighted by Gasteiger charge is -2.28. The van der Waals surface area contributed by atoms with E-state index in [4.69, 9.17) is 14.2 Å². The number of esters is 2. The van der Waals surface area contributed by atoms with E-state index in [-0.39, 0.29) is 17.9 Å². The van der Waals surface area contributed by atoms with E-state index >= 15 is 0 Å². The molecule has 3 atom stereocenters. The number of hydrogen-bond donors (Lipinski definition) is 0. The Balaban J connectivity index is 1.26. The molecule has 2 aliphatic rings. The summed E-state index contributed by atoms with van der Waals surface area (Å²) in [7, 11) is 1.84. The van der Waals surface area contributed by atoms with Crippen molar-refractivity contribution >= 4 is 11.9 Å². The molecule has 4 aromatic rings. The molecule has 0 spiro atoms. The molecule has 0 radical (unpaired) electrons. The summed E-state index contributed by atoms with van der Waals surface area (Å²) in [6, 6.07) is 16.3. The van der Waals surface area contributed by atoms with Crippen LogP contribution in [0.1, 0.15) is 99.8 Å². The van der Waals surface area contributed by atoms with Crippen LogP contribution in [-0.2, 0) is 21.3 Å². The molecule has 0 amide bonds. The van der Waals surface area contributed by atoms with Crippen molar-refractivity contribution in [3.63, 3.8) is 0 Å². The van der Waals surface area contributed by atoms with Gasteiger partial charge in [0.05, 0.1) is 34.8 Å². The topological polar surface area (TPSA) is 110 Å². The highest BCUT2D eigenvalue weighted by Gasteiger charge is 2.46. The molecule has 0 N–H and O–H groups in total. The number of aromatic nitrogens is 5. The smallest absolute Gasteiger partial charge is 0.344 e. The van der Waals surface area contributed by atoms with Gasteiger partial charge in [0.1, 0.15) is 11.3 Å². The minimum absolute atomic E-state index is 0.0134. The van der Waals surface area contributed by atoms with Gasteiger partial charge in [-0.15, -0.1) is 5.10 Å². The van der Waals surface area contributed by atoms with Crippen LogP contribution < -0.4 is 4.74 Å². The van der Waals surface area contributed by atoms with Gasteiger partial charge >= 0.3 is 11.9 Å². The van der Waals surface area contributed by atoms with Gasteiger partial charge in [-0.05, 0) is 88.3 Å². The average Bonchev–Trinajstić information content (AvgIpc) is 3.49. The summed E-state index contributed by atoms with van der Waals surface area (Å²) in [6.45, 7) is 6.95. The van der Waals surface area contributed by atoms with Crippen molar-refractivity contribution in [2.45, 2.75) is 84.2 Å². The van der Waals surface area contributed by atoms with Crippen LogP contribution >= 0.6 is 0 Å². The summed E-state index contributed by atoms with van der Waals surface area (Å²) < 4.78 is 20.5. The van der Waals surface area contributed by atoms with Crippen LogP contribution in [0.4, 0.5) is 0 Å². The minimum atomic E-state index is -0.704. The van der Waals surface area contributed by atoms with Crippen molar-refractivity contribution in [1.82, 2.24) is 24.8 Å². The maximum Gasteiger partial charge on any atom is 0.344 e. The van der Waals surface area contributed by atoms with E-state index in [2.05, 4.69) is 46.6 Å². The van der Waals surface area contributed by atoms with Crippen molar-refractivity contribution in [3.05, 3.63) is 77.9 Å². The molecule has 0 saturated heterocycles. The summed E-state index contributed by atoms with van der Waals surface area (Å²) in [4.78, 5) is 25.5. The second kappa shape index (κ2) is 13.1. The van der Waals surface area contributed by atoms with Gasteiger partial charge in [-0.25, -0.2) is 9.48 Å². The number of hydrogen-bond acceptors (Lipinski definition) is 8. The summed E-state index contributed by atoms with van der Waals surface area (Å²) in [5.41, 5.74) is 4.09. The normalized spacial score (nSPS) is 19.0. The van der Waals surface area contributed by atoms with E-state index in [0.717, 1.165) is 40.4 Å². The second-order valence-electron chi connectivity index (χ2n) is 13.7. The third-order valence-corrected chi connectivity index (χ3v) is 9.05. The average molecular weight is 626 g/mol. The van der Waals surface area contributed by atoms with Crippen LogP contribution in [0.2, 0.25) is 0 Å². The third-order valence-electron chi connectivity index (χ3n) is 9.05. The maximum absolute atomic E-state index is 13.3. The highest BCUT2D eigenvalue weighted by molar-refractivity contribution is 5.91. The maximum atomic E-state index is 13.3. The fourth-order valence-corrected chi connectivity index (χ4v) is 6.35. The molecule has 242 valence electrons. The second-order valence-corrected chi connectivity index (χ2v) is 13.7. The lowest BCUT2D eigenvalue weighted by Crippen LogP contribution is -2.25. The van der Waals surface area contributed by atoms with Gasteiger partial charge in [0, 0.05) is 25.1 Å². The predicted molar refractivity (Wildman–Crippen MR) is 173 cm³/mol. The number of nitrogens with zero attached hydrogens (tertiary/aromatic N) is 5. The molecule has 2 saturated carbocycles. The molecule has 2 heterocycles. The molecule has 0 aliphatic heterocycles. The first-order valence-corrected chi connectivity index (χ1v) is 16.2. The van der Waals surface area contributed by atoms with E-state index in [0.29, 0.717) is 11.5 Å². The zero-order valence-electron chi connectivity index (χ0n) is 27.3. The highest BCUT2D eigenvalue weighted by atomic mass is 16.7. The predicted octanol–water partition coefficient (Wildman–Crippen LogP) is 6.99. The summed E-state index contributed by atoms with van der Waals surface area (Å²) in [6.07, 6.45) is 10.7. The van der Waals surface area contributed by atoms with Crippen molar-refractivity contribution in [2.75, 3.05) is 6.79 Å². The fourth-order valence-electron chi connectivity index (χ4n) is 6.35. The quantitative estimate of drug-likeness (QED) is 0.137. The van der Waals surface area contributed by atoms with Crippen LogP contribution in [0.5, 0.6) is 5.75 Å². The number of carbonyl (C=O) groups is 2. The van der Waals surface area contributed by atoms with Crippen molar-refractivity contribution in [3.8, 4) is 22.6 Å². The molecule has 2 aromatic carbocycles. The number of ether oxygens (including phenoxy) is 3. The van der Waals surface area contributed by atoms with Gasteiger partial charge in [0.2, 0.25) is 6.79 Å². The molecule has 0 bridgehead atoms. The summed E-state index contributed by atoms with van der Waals surface area (Å²) >= 11 is 0. The Morgan fingerprint density at radius 2 is 1.72 bits per heavy atom. The van der Waals surface area contributed by atoms with Gasteiger partial charge in [0.15, 0.2) is 0 Å². The van der Waals surface area contributed by atoms with E-state index in [1.54, 1.807) is 25.5 Å². The van der Waals surface area contributed by atoms with Gasteiger partial charge < -0.3 is 14.2 Å². The standard InChI is InChI=1S/C36H43N5O5/c1-23(24-11-7-6-8-12-24)46-28-16-10-14-26(18-28)25-13-9-15-27(17-25)41-33(30-19-29(30)32-21-40(5)39-38-32)31(20-37-41)34(42)44-22-45-35(43)36(2,3)4/h9-10,13-18,20-21,23-24,29-30H,6-8,11-12,19,22H2,1-5H3/t23?,29-,30-/m1/s1. The Kier molecular flexibility index (Phi) is 8.97. The lowest BCUT2D eigenvalue weighted by atomic mass is 9.86. The van der Waals surface area contributed by atoms with Crippen molar-refractivity contribution in [2.24, 2.45) is 18.4 Å². The Morgan fingerprint density at radius 1 is 0.978 bits per heavy atom. The van der Waals surface area contributed by atoms with Crippen LogP contribution in [0, 0.1) is 11.3 Å². The molecule has 46 heavy (non-hydrogen) atoms. The number of benzene rings is 2. The van der Waals surface area contributed by atoms with Crippen LogP contribution in [0.3, 0.4) is 0 Å². The molecular weight excluding hydrogens is 582 g/mol. The summed E-state index contributed by atoms with van der Waals surface area (Å²) in [5, 5.41) is 13.1. The minimum Gasteiger partial charge on any atom is -0.490 e. The van der Waals surface area contributed by atoms with Gasteiger partial charge in [-0.2, -0.15) is 5.10 Å². The van der Waals surface area contributed by atoms with Crippen molar-refractivity contribution in [1.29, 1.82) is 0 Å². The fraction of sp³-hybridized carbons (Fsp3) is 0.472. The Hall–Kier alpha value is -4.47. The molecule has 2 aromatic heterocycles. The van der Waals surface area contributed by atoms with Crippen LogP contribution in [0.25, 0.3) is 16.8 Å².